The predicted octanol–water partition coefficient (Wildman–Crippen LogP) is 2.70. The first-order valence-electron chi connectivity index (χ1n) is 9.84. The minimum atomic E-state index is -2.68. The van der Waals surface area contributed by atoms with Crippen LogP contribution < -0.4 is 14.2 Å². The van der Waals surface area contributed by atoms with E-state index in [1.807, 2.05) is 18.2 Å². The lowest BCUT2D eigenvalue weighted by atomic mass is 9.85. The van der Waals surface area contributed by atoms with E-state index in [1.54, 1.807) is 6.07 Å². The third-order valence-electron chi connectivity index (χ3n) is 4.84. The zero-order valence-electron chi connectivity index (χ0n) is 16.9. The molecule has 2 atom stereocenters. The molecule has 1 fully saturated rings. The molecule has 1 N–H and O–H groups in total. The highest BCUT2D eigenvalue weighted by Gasteiger charge is 2.37. The average molecular weight is 359 g/mol. The lowest BCUT2D eigenvalue weighted by molar-refractivity contribution is -0.141. The number of aromatic hydroxyl groups is 1. The molecule has 0 aromatic heterocycles. The first-order chi connectivity index (χ1) is 13.8. The van der Waals surface area contributed by atoms with Crippen LogP contribution in [0.25, 0.3) is 0 Å². The van der Waals surface area contributed by atoms with Gasteiger partial charge in [-0.05, 0) is 48.2 Å². The van der Waals surface area contributed by atoms with E-state index in [2.05, 4.69) is 0 Å². The van der Waals surface area contributed by atoms with E-state index < -0.39 is 7.04 Å². The Balaban J connectivity index is 1.49. The van der Waals surface area contributed by atoms with Gasteiger partial charge < -0.3 is 24.1 Å². The Bertz CT molecular complexity index is 927. The Hall–Kier alpha value is -2.89. The van der Waals surface area contributed by atoms with Crippen molar-refractivity contribution in [2.75, 3.05) is 20.4 Å². The number of rotatable bonds is 5. The summed E-state index contributed by atoms with van der Waals surface area (Å²) in [5.41, 5.74) is 1.70. The van der Waals surface area contributed by atoms with Crippen molar-refractivity contribution >= 4 is 5.97 Å². The molecule has 6 nitrogen and oxygen atoms in total. The van der Waals surface area contributed by atoms with Crippen LogP contribution in [-0.2, 0) is 22.4 Å². The largest absolute Gasteiger partial charge is 0.504 e. The van der Waals surface area contributed by atoms with Gasteiger partial charge in [0.2, 0.25) is 6.79 Å². The van der Waals surface area contributed by atoms with Crippen molar-refractivity contribution in [3.8, 4) is 23.0 Å². The summed E-state index contributed by atoms with van der Waals surface area (Å²) in [6.07, 6.45) is 0.982. The van der Waals surface area contributed by atoms with E-state index in [4.69, 9.17) is 23.1 Å². The summed E-state index contributed by atoms with van der Waals surface area (Å²) in [6.45, 7) is 0.516. The number of methoxy groups -OCH3 is 1. The number of benzene rings is 2. The van der Waals surface area contributed by atoms with E-state index in [9.17, 15) is 9.90 Å². The number of hydrogen-bond acceptors (Lipinski definition) is 6. The van der Waals surface area contributed by atoms with Crippen LogP contribution in [0, 0.1) is 11.8 Å². The lowest BCUT2D eigenvalue weighted by Crippen LogP contribution is -2.20. The maximum atomic E-state index is 12.3. The van der Waals surface area contributed by atoms with Gasteiger partial charge in [0, 0.05) is 5.92 Å². The monoisotopic (exact) mass is 359 g/mol. The number of carbonyl (C=O) groups excluding carboxylic acids is 1. The van der Waals surface area contributed by atoms with Gasteiger partial charge in [-0.15, -0.1) is 0 Å². The fourth-order valence-electron chi connectivity index (χ4n) is 3.45. The zero-order valence-corrected chi connectivity index (χ0v) is 13.9. The minimum Gasteiger partial charge on any atom is -0.504 e. The van der Waals surface area contributed by atoms with Gasteiger partial charge in [0.25, 0.3) is 0 Å². The number of esters is 1. The molecule has 2 aliphatic heterocycles. The highest BCUT2D eigenvalue weighted by atomic mass is 16.7. The Morgan fingerprint density at radius 3 is 2.81 bits per heavy atom. The molecule has 2 heterocycles. The maximum absolute atomic E-state index is 12.3. The van der Waals surface area contributed by atoms with Crippen LogP contribution in [0.1, 0.15) is 15.2 Å². The van der Waals surface area contributed by atoms with E-state index in [-0.39, 0.29) is 36.1 Å². The van der Waals surface area contributed by atoms with Crippen molar-refractivity contribution in [1.29, 1.82) is 0 Å². The first-order valence-corrected chi connectivity index (χ1v) is 8.34. The van der Waals surface area contributed by atoms with E-state index >= 15 is 0 Å². The third-order valence-corrected chi connectivity index (χ3v) is 4.84. The molecule has 2 aromatic rings. The van der Waals surface area contributed by atoms with Crippen LogP contribution in [0.4, 0.5) is 0 Å². The van der Waals surface area contributed by atoms with Crippen molar-refractivity contribution in [2.45, 2.75) is 12.8 Å². The quantitative estimate of drug-likeness (QED) is 0.828. The SMILES string of the molecule is [2H]C([2H])([2H])Oc1cc(CC2C(=O)OCC2Cc2ccc3c(c2)OCO3)ccc1O. The summed E-state index contributed by atoms with van der Waals surface area (Å²) < 4.78 is 42.5. The van der Waals surface area contributed by atoms with E-state index in [0.29, 0.717) is 36.5 Å². The van der Waals surface area contributed by atoms with Gasteiger partial charge in [-0.3, -0.25) is 4.79 Å². The molecule has 0 saturated carbocycles. The molecule has 0 bridgehead atoms. The van der Waals surface area contributed by atoms with Gasteiger partial charge in [-0.1, -0.05) is 12.1 Å². The molecule has 2 aliphatic rings. The normalized spacial score (nSPS) is 23.1. The van der Waals surface area contributed by atoms with Crippen LogP contribution >= 0.6 is 0 Å². The van der Waals surface area contributed by atoms with Gasteiger partial charge in [0.15, 0.2) is 23.0 Å². The second kappa shape index (κ2) is 6.78. The minimum absolute atomic E-state index is 0.0383. The Kier molecular flexibility index (Phi) is 3.48. The summed E-state index contributed by atoms with van der Waals surface area (Å²) >= 11 is 0. The van der Waals surface area contributed by atoms with Gasteiger partial charge in [0.1, 0.15) is 0 Å². The van der Waals surface area contributed by atoms with Gasteiger partial charge >= 0.3 is 5.97 Å². The fraction of sp³-hybridized carbons (Fsp3) is 0.350. The van der Waals surface area contributed by atoms with Gasteiger partial charge in [0.05, 0.1) is 23.7 Å². The van der Waals surface area contributed by atoms with Gasteiger partial charge in [-0.2, -0.15) is 0 Å². The lowest BCUT2D eigenvalue weighted by Gasteiger charge is -2.16. The second-order valence-corrected chi connectivity index (χ2v) is 6.50. The summed E-state index contributed by atoms with van der Waals surface area (Å²) in [4.78, 5) is 12.3. The fourth-order valence-corrected chi connectivity index (χ4v) is 3.45. The first kappa shape index (κ1) is 13.3. The molecule has 26 heavy (non-hydrogen) atoms. The maximum Gasteiger partial charge on any atom is 0.309 e. The number of fused-ring (bicyclic) bond motifs is 1. The molecule has 0 spiro atoms. The van der Waals surface area contributed by atoms with Crippen LogP contribution in [0.3, 0.4) is 0 Å². The van der Waals surface area contributed by atoms with Crippen LogP contribution in [0.5, 0.6) is 23.0 Å². The van der Waals surface area contributed by atoms with E-state index in [1.165, 1.54) is 12.1 Å². The highest BCUT2D eigenvalue weighted by Crippen LogP contribution is 2.36. The standard InChI is InChI=1S/C20H20O6/c1-23-18-8-13(2-4-16(18)21)7-15-14(10-24-20(15)22)6-12-3-5-17-19(9-12)26-11-25-17/h2-5,8-9,14-15,21H,6-7,10-11H2,1H3/i1D3. The van der Waals surface area contributed by atoms with Crippen molar-refractivity contribution in [2.24, 2.45) is 11.8 Å². The molecule has 0 aliphatic carbocycles. The number of ether oxygens (including phenoxy) is 4. The average Bonchev–Trinajstić information content (AvgIpc) is 3.24. The summed E-state index contributed by atoms with van der Waals surface area (Å²) in [6, 6.07) is 10.2. The van der Waals surface area contributed by atoms with Crippen molar-refractivity contribution in [3.05, 3.63) is 47.5 Å². The molecule has 2 unspecified atom stereocenters. The number of phenolic OH excluding ortho intramolecular Hbond substituents is 1. The van der Waals surface area contributed by atoms with E-state index in [0.717, 1.165) is 5.56 Å². The number of phenols is 1. The predicted molar refractivity (Wildman–Crippen MR) is 92.6 cm³/mol. The summed E-state index contributed by atoms with van der Waals surface area (Å²) in [5.74, 6) is 0.275. The smallest absolute Gasteiger partial charge is 0.309 e. The molecular weight excluding hydrogens is 336 g/mol. The topological polar surface area (TPSA) is 74.2 Å². The molecule has 0 radical (unpaired) electrons. The molecule has 4 rings (SSSR count). The molecule has 1 saturated heterocycles. The van der Waals surface area contributed by atoms with Crippen molar-refractivity contribution < 1.29 is 33.0 Å². The summed E-state index contributed by atoms with van der Waals surface area (Å²) in [7, 11) is -2.68. The van der Waals surface area contributed by atoms with Crippen LogP contribution in [0.2, 0.25) is 0 Å². The van der Waals surface area contributed by atoms with Crippen molar-refractivity contribution in [3.63, 3.8) is 0 Å². The molecule has 136 valence electrons. The second-order valence-electron chi connectivity index (χ2n) is 6.50. The summed E-state index contributed by atoms with van der Waals surface area (Å²) in [5, 5.41) is 9.85. The molecule has 0 amide bonds. The van der Waals surface area contributed by atoms with Crippen LogP contribution in [0.15, 0.2) is 36.4 Å². The number of cyclic esters (lactones) is 1. The van der Waals surface area contributed by atoms with Crippen LogP contribution in [-0.4, -0.2) is 31.5 Å². The Labute approximate surface area is 155 Å². The molecule has 6 heteroatoms. The van der Waals surface area contributed by atoms with Crippen molar-refractivity contribution in [1.82, 2.24) is 0 Å². The highest BCUT2D eigenvalue weighted by molar-refractivity contribution is 5.75. The Morgan fingerprint density at radius 1 is 1.12 bits per heavy atom. The molecule has 2 aromatic carbocycles. The Morgan fingerprint density at radius 2 is 1.92 bits per heavy atom. The number of carbonyl (C=O) groups is 1. The third kappa shape index (κ3) is 3.14. The number of hydrogen-bond donors (Lipinski definition) is 1. The van der Waals surface area contributed by atoms with Gasteiger partial charge in [-0.25, -0.2) is 0 Å². The zero-order chi connectivity index (χ0) is 20.6. The molecular formula is C20H20O6.